The second-order valence-electron chi connectivity index (χ2n) is 3.89. The van der Waals surface area contributed by atoms with E-state index in [1.165, 1.54) is 18.5 Å². The van der Waals surface area contributed by atoms with Gasteiger partial charge in [-0.05, 0) is 28.8 Å². The van der Waals surface area contributed by atoms with E-state index in [0.717, 1.165) is 10.3 Å². The van der Waals surface area contributed by atoms with Gasteiger partial charge in [-0.15, -0.1) is 0 Å². The highest BCUT2D eigenvalue weighted by Gasteiger charge is 2.27. The summed E-state index contributed by atoms with van der Waals surface area (Å²) in [6.07, 6.45) is 4.45. The largest absolute Gasteiger partial charge is 0.240 e. The Morgan fingerprint density at radius 3 is 2.69 bits per heavy atom. The highest BCUT2D eigenvalue weighted by atomic mass is 79.9. The van der Waals surface area contributed by atoms with E-state index < -0.39 is 0 Å². The molecule has 0 aliphatic heterocycles. The van der Waals surface area contributed by atoms with Crippen LogP contribution in [-0.2, 0) is 0 Å². The van der Waals surface area contributed by atoms with Crippen LogP contribution in [0.15, 0.2) is 10.7 Å². The lowest BCUT2D eigenvalue weighted by Crippen LogP contribution is -2.00. The van der Waals surface area contributed by atoms with Crippen molar-refractivity contribution in [3.05, 3.63) is 22.2 Å². The number of nitrogens with zero attached hydrogens (tertiary/aromatic N) is 2. The summed E-state index contributed by atoms with van der Waals surface area (Å²) in [6.45, 7) is 4.25. The first-order chi connectivity index (χ1) is 6.18. The molecule has 1 aliphatic carbocycles. The van der Waals surface area contributed by atoms with E-state index in [9.17, 15) is 0 Å². The normalized spacial score (nSPS) is 16.6. The molecule has 70 valence electrons. The Morgan fingerprint density at radius 2 is 2.15 bits per heavy atom. The molecular formula is C10H13BrN2. The van der Waals surface area contributed by atoms with Gasteiger partial charge in [-0.2, -0.15) is 0 Å². The molecule has 0 spiro atoms. The molecule has 0 unspecified atom stereocenters. The van der Waals surface area contributed by atoms with Gasteiger partial charge in [0.2, 0.25) is 0 Å². The van der Waals surface area contributed by atoms with Crippen molar-refractivity contribution in [2.45, 2.75) is 38.5 Å². The van der Waals surface area contributed by atoms with Crippen LogP contribution in [0.1, 0.15) is 50.0 Å². The van der Waals surface area contributed by atoms with E-state index in [0.29, 0.717) is 11.8 Å². The summed E-state index contributed by atoms with van der Waals surface area (Å²) < 4.78 is 1.07. The number of aromatic nitrogens is 2. The maximum absolute atomic E-state index is 4.58. The fraction of sp³-hybridized carbons (Fsp3) is 0.600. The molecule has 0 radical (unpaired) electrons. The molecular weight excluding hydrogens is 228 g/mol. The zero-order valence-corrected chi connectivity index (χ0v) is 9.50. The summed E-state index contributed by atoms with van der Waals surface area (Å²) >= 11 is 3.50. The highest BCUT2D eigenvalue weighted by Crippen LogP contribution is 2.42. The Labute approximate surface area is 86.9 Å². The van der Waals surface area contributed by atoms with Crippen molar-refractivity contribution in [3.8, 4) is 0 Å². The van der Waals surface area contributed by atoms with Gasteiger partial charge in [0, 0.05) is 18.0 Å². The van der Waals surface area contributed by atoms with Gasteiger partial charge >= 0.3 is 0 Å². The monoisotopic (exact) mass is 240 g/mol. The number of rotatable bonds is 2. The first-order valence-corrected chi connectivity index (χ1v) is 5.50. The van der Waals surface area contributed by atoms with E-state index in [1.54, 1.807) is 0 Å². The van der Waals surface area contributed by atoms with Crippen molar-refractivity contribution in [2.75, 3.05) is 0 Å². The van der Waals surface area contributed by atoms with Crippen molar-refractivity contribution in [1.29, 1.82) is 0 Å². The maximum atomic E-state index is 4.58. The molecule has 3 heteroatoms. The molecule has 2 rings (SSSR count). The van der Waals surface area contributed by atoms with Gasteiger partial charge in [-0.25, -0.2) is 9.97 Å². The minimum absolute atomic E-state index is 0.422. The van der Waals surface area contributed by atoms with Gasteiger partial charge < -0.3 is 0 Å². The zero-order valence-electron chi connectivity index (χ0n) is 7.92. The Kier molecular flexibility index (Phi) is 2.37. The van der Waals surface area contributed by atoms with Crippen molar-refractivity contribution in [2.24, 2.45) is 0 Å². The topological polar surface area (TPSA) is 25.8 Å². The van der Waals surface area contributed by atoms with Crippen molar-refractivity contribution >= 4 is 15.9 Å². The van der Waals surface area contributed by atoms with Crippen LogP contribution in [0.25, 0.3) is 0 Å². The Hall–Kier alpha value is -0.440. The van der Waals surface area contributed by atoms with Crippen LogP contribution in [0.4, 0.5) is 0 Å². The fourth-order valence-electron chi connectivity index (χ4n) is 1.32. The second kappa shape index (κ2) is 3.37. The molecule has 1 aromatic heterocycles. The SMILES string of the molecule is CC(C)c1ncc(Br)c(C2CC2)n1. The molecule has 1 saturated carbocycles. The standard InChI is InChI=1S/C10H13BrN2/c1-6(2)10-12-5-8(11)9(13-10)7-3-4-7/h5-7H,3-4H2,1-2H3. The Bertz CT molecular complexity index is 319. The average Bonchev–Trinajstić information content (AvgIpc) is 2.87. The van der Waals surface area contributed by atoms with Gasteiger partial charge in [-0.1, -0.05) is 13.8 Å². The van der Waals surface area contributed by atoms with Gasteiger partial charge in [0.05, 0.1) is 10.2 Å². The van der Waals surface area contributed by atoms with Crippen LogP contribution in [0.5, 0.6) is 0 Å². The summed E-state index contributed by atoms with van der Waals surface area (Å²) in [5, 5.41) is 0. The lowest BCUT2D eigenvalue weighted by atomic mass is 10.2. The lowest BCUT2D eigenvalue weighted by Gasteiger charge is -2.06. The molecule has 0 amide bonds. The number of halogens is 1. The molecule has 1 aliphatic rings. The molecule has 0 atom stereocenters. The number of hydrogen-bond donors (Lipinski definition) is 0. The summed E-state index contributed by atoms with van der Waals surface area (Å²) in [6, 6.07) is 0. The molecule has 0 bridgehead atoms. The maximum Gasteiger partial charge on any atom is 0.131 e. The molecule has 2 nitrogen and oxygen atoms in total. The summed E-state index contributed by atoms with van der Waals surface area (Å²) in [4.78, 5) is 8.87. The predicted octanol–water partition coefficient (Wildman–Crippen LogP) is 3.24. The molecule has 1 fully saturated rings. The van der Waals surface area contributed by atoms with E-state index in [4.69, 9.17) is 0 Å². The highest BCUT2D eigenvalue weighted by molar-refractivity contribution is 9.10. The van der Waals surface area contributed by atoms with Crippen molar-refractivity contribution < 1.29 is 0 Å². The smallest absolute Gasteiger partial charge is 0.131 e. The van der Waals surface area contributed by atoms with Crippen LogP contribution in [0, 0.1) is 0 Å². The summed E-state index contributed by atoms with van der Waals surface area (Å²) in [5.74, 6) is 2.07. The lowest BCUT2D eigenvalue weighted by molar-refractivity contribution is 0.753. The van der Waals surface area contributed by atoms with E-state index >= 15 is 0 Å². The van der Waals surface area contributed by atoms with Gasteiger partial charge in [0.1, 0.15) is 5.82 Å². The third-order valence-corrected chi connectivity index (χ3v) is 2.88. The Morgan fingerprint density at radius 1 is 1.46 bits per heavy atom. The minimum atomic E-state index is 0.422. The fourth-order valence-corrected chi connectivity index (χ4v) is 1.83. The summed E-state index contributed by atoms with van der Waals surface area (Å²) in [5.41, 5.74) is 1.21. The van der Waals surface area contributed by atoms with Crippen LogP contribution in [-0.4, -0.2) is 9.97 Å². The third-order valence-electron chi connectivity index (χ3n) is 2.27. The van der Waals surface area contributed by atoms with Crippen molar-refractivity contribution in [1.82, 2.24) is 9.97 Å². The van der Waals surface area contributed by atoms with Crippen LogP contribution >= 0.6 is 15.9 Å². The minimum Gasteiger partial charge on any atom is -0.240 e. The zero-order chi connectivity index (χ0) is 9.42. The first-order valence-electron chi connectivity index (χ1n) is 4.71. The molecule has 13 heavy (non-hydrogen) atoms. The molecule has 0 N–H and O–H groups in total. The van der Waals surface area contributed by atoms with Gasteiger partial charge in [-0.3, -0.25) is 0 Å². The van der Waals surface area contributed by atoms with E-state index in [2.05, 4.69) is 39.7 Å². The average molecular weight is 241 g/mol. The third kappa shape index (κ3) is 1.90. The summed E-state index contributed by atoms with van der Waals surface area (Å²) in [7, 11) is 0. The first kappa shape index (κ1) is 9.13. The van der Waals surface area contributed by atoms with E-state index in [-0.39, 0.29) is 0 Å². The van der Waals surface area contributed by atoms with Crippen LogP contribution in [0.3, 0.4) is 0 Å². The van der Waals surface area contributed by atoms with Crippen molar-refractivity contribution in [3.63, 3.8) is 0 Å². The quantitative estimate of drug-likeness (QED) is 0.794. The second-order valence-corrected chi connectivity index (χ2v) is 4.74. The predicted molar refractivity (Wildman–Crippen MR) is 55.8 cm³/mol. The molecule has 0 saturated heterocycles. The molecule has 1 heterocycles. The number of hydrogen-bond acceptors (Lipinski definition) is 2. The van der Waals surface area contributed by atoms with Crippen LogP contribution < -0.4 is 0 Å². The molecule has 1 aromatic rings. The Balaban J connectivity index is 2.36. The van der Waals surface area contributed by atoms with E-state index in [1.807, 2.05) is 6.20 Å². The van der Waals surface area contributed by atoms with Gasteiger partial charge in [0.25, 0.3) is 0 Å². The van der Waals surface area contributed by atoms with Gasteiger partial charge in [0.15, 0.2) is 0 Å². The molecule has 0 aromatic carbocycles. The van der Waals surface area contributed by atoms with Crippen LogP contribution in [0.2, 0.25) is 0 Å².